The van der Waals surface area contributed by atoms with Crippen molar-refractivity contribution >= 4 is 22.4 Å². The molecule has 3 N–H and O–H groups in total. The predicted molar refractivity (Wildman–Crippen MR) is 103 cm³/mol. The molecule has 5 heteroatoms. The van der Waals surface area contributed by atoms with Crippen LogP contribution < -0.4 is 5.32 Å². The molecule has 0 radical (unpaired) electrons. The van der Waals surface area contributed by atoms with Gasteiger partial charge in [0.1, 0.15) is 23.6 Å². The third kappa shape index (κ3) is 3.02. The molecule has 1 aromatic heterocycles. The van der Waals surface area contributed by atoms with Crippen LogP contribution in [0.4, 0.5) is 11.5 Å². The molecule has 0 atom stereocenters. The number of nitrogens with one attached hydrogen (secondary N) is 1. The van der Waals surface area contributed by atoms with E-state index in [9.17, 15) is 10.2 Å². The Kier molecular flexibility index (Phi) is 3.89. The number of aromatic hydroxyl groups is 2. The maximum Gasteiger partial charge on any atom is 0.141 e. The summed E-state index contributed by atoms with van der Waals surface area (Å²) < 4.78 is 0. The fourth-order valence-corrected chi connectivity index (χ4v) is 2.98. The Morgan fingerprint density at radius 3 is 2.42 bits per heavy atom. The molecule has 0 aliphatic rings. The summed E-state index contributed by atoms with van der Waals surface area (Å²) in [7, 11) is 0. The van der Waals surface area contributed by atoms with Crippen LogP contribution in [-0.2, 0) is 0 Å². The zero-order chi connectivity index (χ0) is 18.1. The lowest BCUT2D eigenvalue weighted by Crippen LogP contribution is -1.97. The minimum atomic E-state index is 0.189. The van der Waals surface area contributed by atoms with Gasteiger partial charge in [0.25, 0.3) is 0 Å². The van der Waals surface area contributed by atoms with Crippen molar-refractivity contribution in [3.8, 4) is 22.6 Å². The van der Waals surface area contributed by atoms with Gasteiger partial charge in [0.05, 0.1) is 5.52 Å². The van der Waals surface area contributed by atoms with Crippen LogP contribution in [-0.4, -0.2) is 20.2 Å². The van der Waals surface area contributed by atoms with Crippen LogP contribution in [0.15, 0.2) is 67.0 Å². The quantitative estimate of drug-likeness (QED) is 0.500. The first-order chi connectivity index (χ1) is 12.6. The normalized spacial score (nSPS) is 10.8. The molecule has 4 rings (SSSR count). The molecule has 4 aromatic rings. The Morgan fingerprint density at radius 1 is 0.846 bits per heavy atom. The molecular formula is C21H17N3O2. The van der Waals surface area contributed by atoms with Gasteiger partial charge in [-0.25, -0.2) is 9.97 Å². The number of aryl methyl sites for hydroxylation is 1. The number of hydrogen-bond acceptors (Lipinski definition) is 5. The molecule has 0 fully saturated rings. The lowest BCUT2D eigenvalue weighted by molar-refractivity contribution is 0.475. The van der Waals surface area contributed by atoms with Gasteiger partial charge < -0.3 is 15.5 Å². The van der Waals surface area contributed by atoms with E-state index in [-0.39, 0.29) is 11.5 Å². The molecule has 1 heterocycles. The van der Waals surface area contributed by atoms with Gasteiger partial charge in [0.15, 0.2) is 0 Å². The highest BCUT2D eigenvalue weighted by Gasteiger charge is 2.10. The van der Waals surface area contributed by atoms with Crippen molar-refractivity contribution in [2.75, 3.05) is 5.32 Å². The minimum Gasteiger partial charge on any atom is -0.508 e. The Labute approximate surface area is 150 Å². The van der Waals surface area contributed by atoms with Crippen LogP contribution >= 0.6 is 0 Å². The van der Waals surface area contributed by atoms with Crippen molar-refractivity contribution in [2.45, 2.75) is 6.92 Å². The molecule has 0 aliphatic heterocycles. The zero-order valence-corrected chi connectivity index (χ0v) is 14.1. The highest BCUT2D eigenvalue weighted by molar-refractivity contribution is 5.95. The molecule has 0 bridgehead atoms. The van der Waals surface area contributed by atoms with Crippen LogP contribution in [0.1, 0.15) is 5.56 Å². The highest BCUT2D eigenvalue weighted by Crippen LogP contribution is 2.32. The maximum absolute atomic E-state index is 9.66. The summed E-state index contributed by atoms with van der Waals surface area (Å²) in [4.78, 5) is 8.74. The van der Waals surface area contributed by atoms with E-state index in [0.717, 1.165) is 33.3 Å². The molecule has 26 heavy (non-hydrogen) atoms. The Morgan fingerprint density at radius 2 is 1.65 bits per heavy atom. The molecule has 0 saturated heterocycles. The van der Waals surface area contributed by atoms with Gasteiger partial charge >= 0.3 is 0 Å². The van der Waals surface area contributed by atoms with E-state index < -0.39 is 0 Å². The van der Waals surface area contributed by atoms with Crippen molar-refractivity contribution in [3.63, 3.8) is 0 Å². The Bertz CT molecular complexity index is 1090. The summed E-state index contributed by atoms with van der Waals surface area (Å²) in [6.45, 7) is 2.03. The number of fused-ring (bicyclic) bond motifs is 1. The van der Waals surface area contributed by atoms with Gasteiger partial charge in [-0.15, -0.1) is 0 Å². The molecule has 0 saturated carbocycles. The minimum absolute atomic E-state index is 0.189. The first kappa shape index (κ1) is 15.9. The monoisotopic (exact) mass is 343 g/mol. The second kappa shape index (κ2) is 6.37. The average Bonchev–Trinajstić information content (AvgIpc) is 2.62. The Hall–Kier alpha value is -3.60. The molecule has 5 nitrogen and oxygen atoms in total. The first-order valence-electron chi connectivity index (χ1n) is 8.21. The van der Waals surface area contributed by atoms with Crippen molar-refractivity contribution in [2.24, 2.45) is 0 Å². The van der Waals surface area contributed by atoms with Gasteiger partial charge in [-0.05, 0) is 60.0 Å². The van der Waals surface area contributed by atoms with E-state index in [2.05, 4.69) is 15.3 Å². The van der Waals surface area contributed by atoms with E-state index in [1.807, 2.05) is 37.3 Å². The lowest BCUT2D eigenvalue weighted by atomic mass is 9.98. The SMILES string of the molecule is Cc1cc2ncnc(Nc3cccc(O)c3)c2cc1-c1ccc(O)cc1. The number of nitrogens with zero attached hydrogens (tertiary/aromatic N) is 2. The summed E-state index contributed by atoms with van der Waals surface area (Å²) in [5, 5.41) is 23.3. The molecular weight excluding hydrogens is 326 g/mol. The zero-order valence-electron chi connectivity index (χ0n) is 14.1. The summed E-state index contributed by atoms with van der Waals surface area (Å²) in [5.74, 6) is 1.09. The topological polar surface area (TPSA) is 78.3 Å². The maximum atomic E-state index is 9.66. The standard InChI is InChI=1S/C21H17N3O2/c1-13-9-20-19(11-18(13)14-5-7-16(25)8-6-14)21(23-12-22-20)24-15-3-2-4-17(26)10-15/h2-12,25-26H,1H3,(H,22,23,24). The van der Waals surface area contributed by atoms with Crippen molar-refractivity contribution in [1.29, 1.82) is 0 Å². The first-order valence-corrected chi connectivity index (χ1v) is 8.21. The molecule has 128 valence electrons. The fourth-order valence-electron chi connectivity index (χ4n) is 2.98. The summed E-state index contributed by atoms with van der Waals surface area (Å²) >= 11 is 0. The van der Waals surface area contributed by atoms with E-state index in [1.165, 1.54) is 6.33 Å². The largest absolute Gasteiger partial charge is 0.508 e. The summed E-state index contributed by atoms with van der Waals surface area (Å²) in [5.41, 5.74) is 4.73. The second-order valence-corrected chi connectivity index (χ2v) is 6.13. The van der Waals surface area contributed by atoms with Gasteiger partial charge in [-0.1, -0.05) is 18.2 Å². The number of benzene rings is 3. The number of rotatable bonds is 3. The van der Waals surface area contributed by atoms with Gasteiger partial charge in [-0.3, -0.25) is 0 Å². The Balaban J connectivity index is 1.84. The van der Waals surface area contributed by atoms with E-state index in [1.54, 1.807) is 30.3 Å². The predicted octanol–water partition coefficient (Wildman–Crippen LogP) is 4.76. The van der Waals surface area contributed by atoms with E-state index in [4.69, 9.17) is 0 Å². The summed E-state index contributed by atoms with van der Waals surface area (Å²) in [6.07, 6.45) is 1.52. The van der Waals surface area contributed by atoms with Crippen LogP contribution in [0.25, 0.3) is 22.0 Å². The third-order valence-electron chi connectivity index (χ3n) is 4.27. The molecule has 3 aromatic carbocycles. The third-order valence-corrected chi connectivity index (χ3v) is 4.27. The van der Waals surface area contributed by atoms with Crippen LogP contribution in [0.2, 0.25) is 0 Å². The van der Waals surface area contributed by atoms with Crippen LogP contribution in [0.5, 0.6) is 11.5 Å². The van der Waals surface area contributed by atoms with E-state index >= 15 is 0 Å². The second-order valence-electron chi connectivity index (χ2n) is 6.13. The smallest absolute Gasteiger partial charge is 0.141 e. The molecule has 0 amide bonds. The molecule has 0 spiro atoms. The number of anilines is 2. The number of phenolic OH excluding ortho intramolecular Hbond substituents is 2. The van der Waals surface area contributed by atoms with Gasteiger partial charge in [-0.2, -0.15) is 0 Å². The fraction of sp³-hybridized carbons (Fsp3) is 0.0476. The average molecular weight is 343 g/mol. The van der Waals surface area contributed by atoms with Crippen molar-refractivity contribution in [1.82, 2.24) is 9.97 Å². The lowest BCUT2D eigenvalue weighted by Gasteiger charge is -2.12. The van der Waals surface area contributed by atoms with Gasteiger partial charge in [0, 0.05) is 17.1 Å². The van der Waals surface area contributed by atoms with Crippen LogP contribution in [0, 0.1) is 6.92 Å². The molecule has 0 unspecified atom stereocenters. The number of phenols is 2. The van der Waals surface area contributed by atoms with Crippen molar-refractivity contribution < 1.29 is 10.2 Å². The summed E-state index contributed by atoms with van der Waals surface area (Å²) in [6, 6.07) is 18.1. The van der Waals surface area contributed by atoms with E-state index in [0.29, 0.717) is 5.82 Å². The van der Waals surface area contributed by atoms with Gasteiger partial charge in [0.2, 0.25) is 0 Å². The number of hydrogen-bond donors (Lipinski definition) is 3. The van der Waals surface area contributed by atoms with Crippen LogP contribution in [0.3, 0.4) is 0 Å². The highest BCUT2D eigenvalue weighted by atomic mass is 16.3. The molecule has 0 aliphatic carbocycles. The van der Waals surface area contributed by atoms with Crippen molar-refractivity contribution in [3.05, 3.63) is 72.6 Å². The number of aromatic nitrogens is 2.